The molecule has 5 nitrogen and oxygen atoms in total. The van der Waals surface area contributed by atoms with Gasteiger partial charge < -0.3 is 5.32 Å². The van der Waals surface area contributed by atoms with Crippen molar-refractivity contribution < 1.29 is 4.79 Å². The van der Waals surface area contributed by atoms with Crippen molar-refractivity contribution in [1.29, 1.82) is 0 Å². The summed E-state index contributed by atoms with van der Waals surface area (Å²) in [6.07, 6.45) is 0.829. The number of carbonyl (C=O) groups is 1. The number of aryl methyl sites for hydroxylation is 3. The van der Waals surface area contributed by atoms with E-state index in [2.05, 4.69) is 15.4 Å². The number of amides is 1. The van der Waals surface area contributed by atoms with E-state index in [1.807, 2.05) is 48.2 Å². The molecule has 0 radical (unpaired) electrons. The molecule has 1 aromatic carbocycles. The second-order valence-corrected chi connectivity index (χ2v) is 6.16. The van der Waals surface area contributed by atoms with Crippen LogP contribution in [0.15, 0.2) is 29.6 Å². The zero-order valence-electron chi connectivity index (χ0n) is 12.7. The maximum absolute atomic E-state index is 12.2. The lowest BCUT2D eigenvalue weighted by Crippen LogP contribution is -2.25. The van der Waals surface area contributed by atoms with Crippen molar-refractivity contribution in [2.75, 3.05) is 6.54 Å². The second kappa shape index (κ2) is 6.27. The van der Waals surface area contributed by atoms with Gasteiger partial charge in [-0.05, 0) is 55.3 Å². The van der Waals surface area contributed by atoms with Crippen molar-refractivity contribution in [3.63, 3.8) is 0 Å². The molecule has 3 aromatic rings. The quantitative estimate of drug-likeness (QED) is 0.737. The minimum absolute atomic E-state index is 0.0282. The number of aromatic nitrogens is 3. The predicted molar refractivity (Wildman–Crippen MR) is 88.3 cm³/mol. The van der Waals surface area contributed by atoms with E-state index in [1.54, 1.807) is 11.3 Å². The van der Waals surface area contributed by atoms with Crippen molar-refractivity contribution in [2.45, 2.75) is 26.8 Å². The highest BCUT2D eigenvalue weighted by Crippen LogP contribution is 2.21. The highest BCUT2D eigenvalue weighted by molar-refractivity contribution is 7.17. The average molecular weight is 314 g/mol. The lowest BCUT2D eigenvalue weighted by molar-refractivity contribution is 0.0952. The summed E-state index contributed by atoms with van der Waals surface area (Å²) < 4.78 is 3.08. The van der Waals surface area contributed by atoms with Gasteiger partial charge in [0.2, 0.25) is 0 Å². The lowest BCUT2D eigenvalue weighted by Gasteiger charge is -2.06. The molecule has 0 fully saturated rings. The van der Waals surface area contributed by atoms with Crippen molar-refractivity contribution in [1.82, 2.24) is 20.1 Å². The van der Waals surface area contributed by atoms with Gasteiger partial charge in [-0.3, -0.25) is 9.48 Å². The zero-order valence-corrected chi connectivity index (χ0v) is 13.5. The number of rotatable bonds is 5. The first-order valence-corrected chi connectivity index (χ1v) is 8.15. The van der Waals surface area contributed by atoms with E-state index in [0.29, 0.717) is 12.1 Å². The topological polar surface area (TPSA) is 59.8 Å². The fraction of sp³-hybridized carbons (Fsp3) is 0.312. The molecule has 1 N–H and O–H groups in total. The van der Waals surface area contributed by atoms with Crippen LogP contribution in [0, 0.1) is 13.8 Å². The van der Waals surface area contributed by atoms with E-state index in [1.165, 1.54) is 4.70 Å². The molecular weight excluding hydrogens is 296 g/mol. The molecule has 6 heteroatoms. The van der Waals surface area contributed by atoms with E-state index >= 15 is 0 Å². The summed E-state index contributed by atoms with van der Waals surface area (Å²) >= 11 is 1.68. The fourth-order valence-corrected chi connectivity index (χ4v) is 3.18. The third-order valence-electron chi connectivity index (χ3n) is 3.51. The third-order valence-corrected chi connectivity index (χ3v) is 4.41. The molecule has 0 aliphatic heterocycles. The summed E-state index contributed by atoms with van der Waals surface area (Å²) in [4.78, 5) is 16.4. The first kappa shape index (κ1) is 14.7. The number of nitrogens with zero attached hydrogens (tertiary/aromatic N) is 3. The average Bonchev–Trinajstić information content (AvgIpc) is 3.08. The largest absolute Gasteiger partial charge is 0.352 e. The van der Waals surface area contributed by atoms with Gasteiger partial charge in [0.25, 0.3) is 5.91 Å². The van der Waals surface area contributed by atoms with E-state index in [-0.39, 0.29) is 5.91 Å². The normalized spacial score (nSPS) is 11.0. The SMILES string of the molecule is Cc1nc(C)n(CCCNC(=O)c2ccc3sccc3c2)n1. The van der Waals surface area contributed by atoms with Crippen LogP contribution in [0.25, 0.3) is 10.1 Å². The van der Waals surface area contributed by atoms with Gasteiger partial charge in [-0.1, -0.05) is 0 Å². The molecular formula is C16H18N4OS. The Morgan fingerprint density at radius 1 is 1.32 bits per heavy atom. The smallest absolute Gasteiger partial charge is 0.251 e. The molecule has 0 unspecified atom stereocenters. The fourth-order valence-electron chi connectivity index (χ4n) is 2.41. The molecule has 114 valence electrons. The molecule has 0 bridgehead atoms. The van der Waals surface area contributed by atoms with Gasteiger partial charge in [0.1, 0.15) is 11.6 Å². The van der Waals surface area contributed by atoms with Crippen LogP contribution in [-0.2, 0) is 6.54 Å². The van der Waals surface area contributed by atoms with Gasteiger partial charge in [0.05, 0.1) is 0 Å². The van der Waals surface area contributed by atoms with Crippen molar-refractivity contribution in [2.24, 2.45) is 0 Å². The standard InChI is InChI=1S/C16H18N4OS/c1-11-18-12(2)20(19-11)8-3-7-17-16(21)14-4-5-15-13(10-14)6-9-22-15/h4-6,9-10H,3,7-8H2,1-2H3,(H,17,21). The van der Waals surface area contributed by atoms with E-state index in [4.69, 9.17) is 0 Å². The van der Waals surface area contributed by atoms with E-state index in [0.717, 1.165) is 30.0 Å². The number of hydrogen-bond donors (Lipinski definition) is 1. The minimum Gasteiger partial charge on any atom is -0.352 e. The molecule has 0 aliphatic carbocycles. The van der Waals surface area contributed by atoms with Gasteiger partial charge in [0, 0.05) is 23.4 Å². The number of thiophene rings is 1. The number of nitrogens with one attached hydrogen (secondary N) is 1. The van der Waals surface area contributed by atoms with Crippen molar-refractivity contribution in [3.05, 3.63) is 46.9 Å². The Hall–Kier alpha value is -2.21. The number of fused-ring (bicyclic) bond motifs is 1. The Morgan fingerprint density at radius 2 is 2.18 bits per heavy atom. The second-order valence-electron chi connectivity index (χ2n) is 5.21. The Balaban J connectivity index is 1.52. The maximum atomic E-state index is 12.2. The van der Waals surface area contributed by atoms with Gasteiger partial charge >= 0.3 is 0 Å². The summed E-state index contributed by atoms with van der Waals surface area (Å²) in [6.45, 7) is 5.20. The van der Waals surface area contributed by atoms with Crippen molar-refractivity contribution in [3.8, 4) is 0 Å². The van der Waals surface area contributed by atoms with Crippen LogP contribution in [-0.4, -0.2) is 27.2 Å². The first-order chi connectivity index (χ1) is 10.6. The molecule has 0 saturated carbocycles. The van der Waals surface area contributed by atoms with Crippen LogP contribution in [0.2, 0.25) is 0 Å². The summed E-state index contributed by atoms with van der Waals surface area (Å²) in [5.74, 6) is 1.66. The van der Waals surface area contributed by atoms with E-state index in [9.17, 15) is 4.79 Å². The van der Waals surface area contributed by atoms with Crippen LogP contribution in [0.5, 0.6) is 0 Å². The van der Waals surface area contributed by atoms with Crippen LogP contribution in [0.4, 0.5) is 0 Å². The van der Waals surface area contributed by atoms with Gasteiger partial charge in [0.15, 0.2) is 0 Å². The monoisotopic (exact) mass is 314 g/mol. The predicted octanol–water partition coefficient (Wildman–Crippen LogP) is 2.93. The Morgan fingerprint density at radius 3 is 2.95 bits per heavy atom. The molecule has 2 aromatic heterocycles. The van der Waals surface area contributed by atoms with Crippen LogP contribution in [0.1, 0.15) is 28.4 Å². The maximum Gasteiger partial charge on any atom is 0.251 e. The zero-order chi connectivity index (χ0) is 15.5. The third kappa shape index (κ3) is 3.17. The number of carbonyl (C=O) groups excluding carboxylic acids is 1. The Kier molecular flexibility index (Phi) is 4.20. The van der Waals surface area contributed by atoms with Gasteiger partial charge in [-0.25, -0.2) is 4.98 Å². The van der Waals surface area contributed by atoms with Crippen LogP contribution < -0.4 is 5.32 Å². The van der Waals surface area contributed by atoms with Gasteiger partial charge in [-0.15, -0.1) is 11.3 Å². The number of benzene rings is 1. The highest BCUT2D eigenvalue weighted by atomic mass is 32.1. The Labute approximate surface area is 133 Å². The molecule has 1 amide bonds. The molecule has 22 heavy (non-hydrogen) atoms. The molecule has 0 atom stereocenters. The Bertz CT molecular complexity index is 805. The lowest BCUT2D eigenvalue weighted by atomic mass is 10.1. The van der Waals surface area contributed by atoms with Gasteiger partial charge in [-0.2, -0.15) is 5.10 Å². The molecule has 3 rings (SSSR count). The summed E-state index contributed by atoms with van der Waals surface area (Å²) in [5.41, 5.74) is 0.707. The van der Waals surface area contributed by atoms with Crippen LogP contribution >= 0.6 is 11.3 Å². The number of hydrogen-bond acceptors (Lipinski definition) is 4. The van der Waals surface area contributed by atoms with E-state index < -0.39 is 0 Å². The van der Waals surface area contributed by atoms with Crippen LogP contribution in [0.3, 0.4) is 0 Å². The molecule has 0 spiro atoms. The summed E-state index contributed by atoms with van der Waals surface area (Å²) in [7, 11) is 0. The summed E-state index contributed by atoms with van der Waals surface area (Å²) in [6, 6.07) is 7.84. The minimum atomic E-state index is -0.0282. The summed E-state index contributed by atoms with van der Waals surface area (Å²) in [5, 5.41) is 10.4. The molecule has 0 aliphatic rings. The highest BCUT2D eigenvalue weighted by Gasteiger charge is 2.07. The van der Waals surface area contributed by atoms with Crippen molar-refractivity contribution >= 4 is 27.3 Å². The molecule has 2 heterocycles. The molecule has 0 saturated heterocycles. The first-order valence-electron chi connectivity index (χ1n) is 7.27.